The summed E-state index contributed by atoms with van der Waals surface area (Å²) in [6, 6.07) is -0.171. The van der Waals surface area contributed by atoms with Crippen LogP contribution >= 0.6 is 11.3 Å². The zero-order chi connectivity index (χ0) is 21.7. The fourth-order valence-corrected chi connectivity index (χ4v) is 7.09. The highest BCUT2D eigenvalue weighted by Gasteiger charge is 2.41. The number of nitrogens with zero attached hydrogens (tertiary/aromatic N) is 1. The van der Waals surface area contributed by atoms with E-state index in [1.54, 1.807) is 0 Å². The molecule has 0 saturated heterocycles. The molecule has 1 saturated carbocycles. The molecular weight excluding hydrogens is 452 g/mol. The molecule has 4 rings (SSSR count). The molecule has 0 bridgehead atoms. The molecular formula is C17H22N4O6S3. The molecule has 2 atom stereocenters. The Morgan fingerprint density at radius 3 is 2.77 bits per heavy atom. The number of aliphatic hydroxyl groups excluding tert-OH is 1. The van der Waals surface area contributed by atoms with E-state index in [1.807, 2.05) is 0 Å². The first kappa shape index (κ1) is 21.3. The summed E-state index contributed by atoms with van der Waals surface area (Å²) in [4.78, 5) is 12.6. The molecule has 1 aliphatic carbocycles. The SMILES string of the molecule is CS(=O)(=O)NCc1csc2c1S(=O)(=O)N=C(C1=C(O)C3CCCCCC3NC1=O)N2. The molecule has 30 heavy (non-hydrogen) atoms. The fraction of sp³-hybridized carbons (Fsp3) is 0.529. The molecule has 1 aromatic rings. The highest BCUT2D eigenvalue weighted by molar-refractivity contribution is 7.91. The Morgan fingerprint density at radius 2 is 2.03 bits per heavy atom. The van der Waals surface area contributed by atoms with Gasteiger partial charge in [-0.05, 0) is 18.2 Å². The van der Waals surface area contributed by atoms with Crippen LogP contribution in [0.15, 0.2) is 26.0 Å². The van der Waals surface area contributed by atoms with Crippen molar-refractivity contribution in [1.82, 2.24) is 10.0 Å². The molecule has 0 spiro atoms. The summed E-state index contributed by atoms with van der Waals surface area (Å²) in [5, 5.41) is 18.3. The van der Waals surface area contributed by atoms with E-state index in [2.05, 4.69) is 19.8 Å². The molecule has 1 aromatic heterocycles. The normalized spacial score (nSPS) is 26.0. The zero-order valence-electron chi connectivity index (χ0n) is 16.1. The summed E-state index contributed by atoms with van der Waals surface area (Å²) in [5.41, 5.74) is 0.0995. The number of aliphatic hydroxyl groups is 1. The molecule has 2 aliphatic heterocycles. The monoisotopic (exact) mass is 474 g/mol. The maximum absolute atomic E-state index is 12.8. The molecule has 2 unspecified atom stereocenters. The predicted octanol–water partition coefficient (Wildman–Crippen LogP) is 1.20. The summed E-state index contributed by atoms with van der Waals surface area (Å²) in [7, 11) is -7.71. The van der Waals surface area contributed by atoms with Gasteiger partial charge in [-0.25, -0.2) is 13.1 Å². The van der Waals surface area contributed by atoms with Gasteiger partial charge in [0, 0.05) is 24.1 Å². The number of hydrogen-bond acceptors (Lipinski definition) is 8. The van der Waals surface area contributed by atoms with E-state index in [9.17, 15) is 26.7 Å². The lowest BCUT2D eigenvalue weighted by Gasteiger charge is -2.32. The molecule has 1 fully saturated rings. The highest BCUT2D eigenvalue weighted by Crippen LogP contribution is 2.39. The van der Waals surface area contributed by atoms with Crippen molar-refractivity contribution in [2.45, 2.75) is 49.6 Å². The topological polar surface area (TPSA) is 154 Å². The van der Waals surface area contributed by atoms with Gasteiger partial charge in [0.1, 0.15) is 21.2 Å². The zero-order valence-corrected chi connectivity index (χ0v) is 18.6. The quantitative estimate of drug-likeness (QED) is 0.511. The second kappa shape index (κ2) is 7.62. The molecule has 0 aromatic carbocycles. The number of thiophene rings is 1. The third kappa shape index (κ3) is 3.98. The van der Waals surface area contributed by atoms with E-state index >= 15 is 0 Å². The van der Waals surface area contributed by atoms with Crippen molar-refractivity contribution in [3.05, 3.63) is 22.3 Å². The number of carbonyl (C=O) groups excluding carboxylic acids is 1. The third-order valence-corrected chi connectivity index (χ3v) is 8.59. The molecule has 3 heterocycles. The number of carbonyl (C=O) groups is 1. The van der Waals surface area contributed by atoms with Crippen molar-refractivity contribution in [2.75, 3.05) is 11.6 Å². The van der Waals surface area contributed by atoms with E-state index in [-0.39, 0.29) is 51.1 Å². The second-order valence-corrected chi connectivity index (χ2v) is 11.9. The summed E-state index contributed by atoms with van der Waals surface area (Å²) in [6.45, 7) is -0.200. The van der Waals surface area contributed by atoms with Crippen LogP contribution in [-0.2, 0) is 31.4 Å². The Labute approximate surface area is 178 Å². The maximum Gasteiger partial charge on any atom is 0.287 e. The van der Waals surface area contributed by atoms with E-state index in [0.717, 1.165) is 43.3 Å². The van der Waals surface area contributed by atoms with Gasteiger partial charge in [-0.2, -0.15) is 8.42 Å². The van der Waals surface area contributed by atoms with Gasteiger partial charge >= 0.3 is 0 Å². The van der Waals surface area contributed by atoms with Gasteiger partial charge in [0.2, 0.25) is 10.0 Å². The second-order valence-electron chi connectivity index (χ2n) is 7.64. The molecule has 4 N–H and O–H groups in total. The van der Waals surface area contributed by atoms with Gasteiger partial charge in [0.25, 0.3) is 15.9 Å². The van der Waals surface area contributed by atoms with Crippen molar-refractivity contribution in [1.29, 1.82) is 0 Å². The summed E-state index contributed by atoms with van der Waals surface area (Å²) in [6.07, 6.45) is 5.33. The van der Waals surface area contributed by atoms with Crippen molar-refractivity contribution in [3.63, 3.8) is 0 Å². The lowest BCUT2D eigenvalue weighted by molar-refractivity contribution is -0.119. The fourth-order valence-electron chi connectivity index (χ4n) is 4.07. The Hall–Kier alpha value is -1.96. The number of anilines is 1. The number of amidine groups is 1. The van der Waals surface area contributed by atoms with Gasteiger partial charge in [-0.1, -0.05) is 19.3 Å². The maximum atomic E-state index is 12.8. The van der Waals surface area contributed by atoms with Gasteiger partial charge < -0.3 is 15.7 Å². The van der Waals surface area contributed by atoms with Crippen molar-refractivity contribution >= 4 is 48.1 Å². The minimum atomic E-state index is -4.20. The third-order valence-electron chi connectivity index (χ3n) is 5.45. The number of fused-ring (bicyclic) bond motifs is 2. The van der Waals surface area contributed by atoms with Crippen LogP contribution in [0.5, 0.6) is 0 Å². The first-order valence-corrected chi connectivity index (χ1v) is 13.7. The van der Waals surface area contributed by atoms with Gasteiger partial charge in [0.15, 0.2) is 5.84 Å². The highest BCUT2D eigenvalue weighted by atomic mass is 32.2. The van der Waals surface area contributed by atoms with Crippen LogP contribution in [0.1, 0.15) is 37.7 Å². The Bertz CT molecular complexity index is 1170. The van der Waals surface area contributed by atoms with Crippen LogP contribution in [0.3, 0.4) is 0 Å². The van der Waals surface area contributed by atoms with Crippen molar-refractivity contribution in [2.24, 2.45) is 10.3 Å². The van der Waals surface area contributed by atoms with E-state index in [1.165, 1.54) is 5.38 Å². The van der Waals surface area contributed by atoms with Gasteiger partial charge in [-0.3, -0.25) is 4.79 Å². The summed E-state index contributed by atoms with van der Waals surface area (Å²) >= 11 is 1.06. The van der Waals surface area contributed by atoms with Crippen LogP contribution in [0, 0.1) is 5.92 Å². The molecule has 13 heteroatoms. The molecule has 1 amide bonds. The van der Waals surface area contributed by atoms with Crippen molar-refractivity contribution < 1.29 is 26.7 Å². The van der Waals surface area contributed by atoms with Crippen LogP contribution in [0.4, 0.5) is 5.00 Å². The number of rotatable bonds is 4. The molecule has 3 aliphatic rings. The largest absolute Gasteiger partial charge is 0.511 e. The van der Waals surface area contributed by atoms with Crippen LogP contribution in [-0.4, -0.2) is 46.0 Å². The number of amides is 1. The van der Waals surface area contributed by atoms with Gasteiger partial charge in [-0.15, -0.1) is 15.7 Å². The predicted molar refractivity (Wildman–Crippen MR) is 112 cm³/mol. The van der Waals surface area contributed by atoms with E-state index < -0.39 is 26.0 Å². The summed E-state index contributed by atoms with van der Waals surface area (Å²) in [5.74, 6) is -1.18. The summed E-state index contributed by atoms with van der Waals surface area (Å²) < 4.78 is 54.4. The lowest BCUT2D eigenvalue weighted by Crippen LogP contribution is -2.48. The van der Waals surface area contributed by atoms with Crippen LogP contribution in [0.25, 0.3) is 0 Å². The Morgan fingerprint density at radius 1 is 1.30 bits per heavy atom. The first-order chi connectivity index (χ1) is 14.1. The number of hydrogen-bond donors (Lipinski definition) is 4. The smallest absolute Gasteiger partial charge is 0.287 e. The van der Waals surface area contributed by atoms with Crippen LogP contribution < -0.4 is 15.4 Å². The molecule has 0 radical (unpaired) electrons. The first-order valence-electron chi connectivity index (χ1n) is 9.48. The molecule has 10 nitrogen and oxygen atoms in total. The number of nitrogens with one attached hydrogen (secondary N) is 3. The average Bonchev–Trinajstić information content (AvgIpc) is 2.90. The van der Waals surface area contributed by atoms with Crippen LogP contribution in [0.2, 0.25) is 0 Å². The minimum Gasteiger partial charge on any atom is -0.511 e. The Kier molecular flexibility index (Phi) is 5.41. The van der Waals surface area contributed by atoms with Gasteiger partial charge in [0.05, 0.1) is 6.26 Å². The molecule has 164 valence electrons. The van der Waals surface area contributed by atoms with E-state index in [0.29, 0.717) is 6.42 Å². The van der Waals surface area contributed by atoms with E-state index in [4.69, 9.17) is 0 Å². The number of sulfonamides is 2. The lowest BCUT2D eigenvalue weighted by atomic mass is 9.86. The Balaban J connectivity index is 1.71. The average molecular weight is 475 g/mol. The standard InChI is InChI=1S/C17H22N4O6S3/c1-29(24,25)18-7-9-8-28-17-14(9)30(26,27)21-15(20-17)12-13(22)10-5-3-2-4-6-11(10)19-16(12)23/h8,10-11,18,22H,2-7H2,1H3,(H,19,23)(H,20,21). The van der Waals surface area contributed by atoms with Crippen molar-refractivity contribution in [3.8, 4) is 0 Å². The minimum absolute atomic E-state index is 0.129.